The van der Waals surface area contributed by atoms with Crippen LogP contribution in [0.15, 0.2) is 12.2 Å². The van der Waals surface area contributed by atoms with Crippen molar-refractivity contribution in [2.24, 2.45) is 23.0 Å². The Hall–Kier alpha value is -1.85. The fourth-order valence-electron chi connectivity index (χ4n) is 3.39. The van der Waals surface area contributed by atoms with Crippen LogP contribution in [0.3, 0.4) is 0 Å². The van der Waals surface area contributed by atoms with E-state index in [1.807, 2.05) is 6.92 Å². The van der Waals surface area contributed by atoms with Crippen molar-refractivity contribution in [1.82, 2.24) is 10.4 Å². The lowest BCUT2D eigenvalue weighted by atomic mass is 9.64. The molecular formula is C16H27N3O3. The van der Waals surface area contributed by atoms with Crippen molar-refractivity contribution < 1.29 is 14.4 Å². The van der Waals surface area contributed by atoms with Crippen molar-refractivity contribution in [2.75, 3.05) is 0 Å². The number of hydrazine groups is 1. The SMILES string of the molecule is CC(=O)N(NC(N)=O)[C@@H](C)CC(=O)[C@@H]1[C@@H](C)C=CCC1(C)C. The molecule has 0 unspecified atom stereocenters. The second-order valence-electron chi connectivity index (χ2n) is 6.84. The summed E-state index contributed by atoms with van der Waals surface area (Å²) in [6.45, 7) is 9.27. The number of amides is 3. The highest BCUT2D eigenvalue weighted by atomic mass is 16.2. The van der Waals surface area contributed by atoms with Gasteiger partial charge in [0, 0.05) is 19.3 Å². The van der Waals surface area contributed by atoms with Crippen LogP contribution in [-0.2, 0) is 9.59 Å². The van der Waals surface area contributed by atoms with Gasteiger partial charge in [0.05, 0.1) is 6.04 Å². The van der Waals surface area contributed by atoms with E-state index < -0.39 is 12.1 Å². The van der Waals surface area contributed by atoms with Gasteiger partial charge in [0.15, 0.2) is 0 Å². The molecular weight excluding hydrogens is 282 g/mol. The van der Waals surface area contributed by atoms with E-state index in [4.69, 9.17) is 5.73 Å². The third-order valence-electron chi connectivity index (χ3n) is 4.31. The number of carbonyl (C=O) groups is 3. The lowest BCUT2D eigenvalue weighted by Gasteiger charge is -2.39. The summed E-state index contributed by atoms with van der Waals surface area (Å²) >= 11 is 0. The zero-order valence-electron chi connectivity index (χ0n) is 14.1. The van der Waals surface area contributed by atoms with Crippen molar-refractivity contribution >= 4 is 17.7 Å². The summed E-state index contributed by atoms with van der Waals surface area (Å²) in [5.41, 5.74) is 7.24. The molecule has 0 spiro atoms. The molecule has 3 N–H and O–H groups in total. The molecule has 3 amide bonds. The molecule has 0 bridgehead atoms. The number of primary amides is 1. The molecule has 0 aromatic heterocycles. The van der Waals surface area contributed by atoms with Crippen LogP contribution in [0.1, 0.15) is 47.5 Å². The van der Waals surface area contributed by atoms with Gasteiger partial charge in [-0.1, -0.05) is 32.9 Å². The topological polar surface area (TPSA) is 92.5 Å². The molecule has 0 fully saturated rings. The molecule has 0 aromatic rings. The Morgan fingerprint density at radius 1 is 1.41 bits per heavy atom. The number of Topliss-reactive ketones (excluding diaryl/α,β-unsaturated/α-hetero) is 1. The maximum atomic E-state index is 12.7. The molecule has 1 rings (SSSR count). The zero-order valence-corrected chi connectivity index (χ0v) is 14.1. The van der Waals surface area contributed by atoms with Gasteiger partial charge < -0.3 is 5.73 Å². The van der Waals surface area contributed by atoms with Crippen LogP contribution >= 0.6 is 0 Å². The Kier molecular flexibility index (Phi) is 5.74. The highest BCUT2D eigenvalue weighted by Gasteiger charge is 2.40. The highest BCUT2D eigenvalue weighted by molar-refractivity contribution is 5.84. The zero-order chi connectivity index (χ0) is 17.1. The predicted octanol–water partition coefficient (Wildman–Crippen LogP) is 2.00. The van der Waals surface area contributed by atoms with E-state index in [0.717, 1.165) is 11.4 Å². The average Bonchev–Trinajstić information content (AvgIpc) is 2.33. The molecule has 0 heterocycles. The summed E-state index contributed by atoms with van der Waals surface area (Å²) in [6.07, 6.45) is 5.24. The lowest BCUT2D eigenvalue weighted by molar-refractivity contribution is -0.136. The van der Waals surface area contributed by atoms with Crippen molar-refractivity contribution in [2.45, 2.75) is 53.5 Å². The van der Waals surface area contributed by atoms with Crippen molar-refractivity contribution in [3.8, 4) is 0 Å². The van der Waals surface area contributed by atoms with Crippen LogP contribution in [0.5, 0.6) is 0 Å². The number of ketones is 1. The van der Waals surface area contributed by atoms with Crippen molar-refractivity contribution in [3.63, 3.8) is 0 Å². The molecule has 1 aliphatic carbocycles. The van der Waals surface area contributed by atoms with Crippen LogP contribution in [0.2, 0.25) is 0 Å². The summed E-state index contributed by atoms with van der Waals surface area (Å²) in [5, 5.41) is 1.12. The largest absolute Gasteiger partial charge is 0.350 e. The molecule has 22 heavy (non-hydrogen) atoms. The smallest absolute Gasteiger partial charge is 0.331 e. The second-order valence-corrected chi connectivity index (χ2v) is 6.84. The van der Waals surface area contributed by atoms with E-state index in [2.05, 4.69) is 31.4 Å². The number of rotatable bonds is 4. The van der Waals surface area contributed by atoms with Gasteiger partial charge in [-0.15, -0.1) is 0 Å². The number of nitrogens with one attached hydrogen (secondary N) is 1. The summed E-state index contributed by atoms with van der Waals surface area (Å²) in [5.74, 6) is -0.178. The normalized spacial score (nSPS) is 24.4. The number of hydrogen-bond donors (Lipinski definition) is 2. The van der Waals surface area contributed by atoms with Crippen molar-refractivity contribution in [3.05, 3.63) is 12.2 Å². The van der Waals surface area contributed by atoms with Crippen LogP contribution < -0.4 is 11.2 Å². The molecule has 6 heteroatoms. The first-order valence-electron chi connectivity index (χ1n) is 7.61. The minimum atomic E-state index is -0.816. The Morgan fingerprint density at radius 3 is 2.45 bits per heavy atom. The summed E-state index contributed by atoms with van der Waals surface area (Å²) in [7, 11) is 0. The van der Waals surface area contributed by atoms with Gasteiger partial charge in [-0.3, -0.25) is 9.59 Å². The third kappa shape index (κ3) is 4.32. The number of hydrogen-bond acceptors (Lipinski definition) is 3. The second kappa shape index (κ2) is 6.94. The van der Waals surface area contributed by atoms with Crippen LogP contribution in [0.4, 0.5) is 4.79 Å². The van der Waals surface area contributed by atoms with E-state index in [1.54, 1.807) is 6.92 Å². The van der Waals surface area contributed by atoms with Crippen LogP contribution in [0.25, 0.3) is 0 Å². The fourth-order valence-corrected chi connectivity index (χ4v) is 3.39. The van der Waals surface area contributed by atoms with E-state index in [0.29, 0.717) is 0 Å². The quantitative estimate of drug-likeness (QED) is 0.614. The lowest BCUT2D eigenvalue weighted by Crippen LogP contribution is -2.53. The van der Waals surface area contributed by atoms with Gasteiger partial charge in [-0.2, -0.15) is 0 Å². The third-order valence-corrected chi connectivity index (χ3v) is 4.31. The van der Waals surface area contributed by atoms with Gasteiger partial charge in [0.2, 0.25) is 5.91 Å². The van der Waals surface area contributed by atoms with Gasteiger partial charge in [0.25, 0.3) is 0 Å². The van der Waals surface area contributed by atoms with Gasteiger partial charge >= 0.3 is 6.03 Å². The monoisotopic (exact) mass is 309 g/mol. The highest BCUT2D eigenvalue weighted by Crippen LogP contribution is 2.41. The molecule has 0 saturated heterocycles. The van der Waals surface area contributed by atoms with E-state index in [-0.39, 0.29) is 35.4 Å². The van der Waals surface area contributed by atoms with E-state index in [9.17, 15) is 14.4 Å². The molecule has 0 aliphatic heterocycles. The summed E-state index contributed by atoms with van der Waals surface area (Å²) in [4.78, 5) is 35.3. The van der Waals surface area contributed by atoms with Crippen molar-refractivity contribution in [1.29, 1.82) is 0 Å². The minimum Gasteiger partial charge on any atom is -0.350 e. The molecule has 124 valence electrons. The van der Waals surface area contributed by atoms with E-state index in [1.165, 1.54) is 6.92 Å². The Balaban J connectivity index is 2.83. The standard InChI is InChI=1S/C16H27N3O3/c1-10-7-6-8-16(4,5)14(10)13(21)9-11(2)19(12(3)20)18-15(17)22/h6-7,10-11,14H,8-9H2,1-5H3,(H3,17,18,22)/t10-,11-,14-/m0/s1. The van der Waals surface area contributed by atoms with Crippen LogP contribution in [-0.4, -0.2) is 28.8 Å². The maximum Gasteiger partial charge on any atom is 0.331 e. The number of nitrogens with two attached hydrogens (primary N) is 1. The molecule has 0 radical (unpaired) electrons. The molecule has 6 nitrogen and oxygen atoms in total. The Bertz CT molecular complexity index is 485. The first kappa shape index (κ1) is 18.2. The predicted molar refractivity (Wildman–Crippen MR) is 84.5 cm³/mol. The average molecular weight is 309 g/mol. The molecule has 3 atom stereocenters. The number of nitrogens with zero attached hydrogens (tertiary/aromatic N) is 1. The maximum absolute atomic E-state index is 12.7. The summed E-state index contributed by atoms with van der Waals surface area (Å²) in [6, 6.07) is -1.25. The van der Waals surface area contributed by atoms with Gasteiger partial charge in [-0.05, 0) is 24.7 Å². The Morgan fingerprint density at radius 2 is 2.00 bits per heavy atom. The Labute approximate surface area is 132 Å². The number of allylic oxidation sites excluding steroid dienone is 2. The molecule has 0 aromatic carbocycles. The van der Waals surface area contributed by atoms with E-state index >= 15 is 0 Å². The van der Waals surface area contributed by atoms with Crippen LogP contribution in [0, 0.1) is 17.3 Å². The molecule has 1 aliphatic rings. The number of urea groups is 1. The van der Waals surface area contributed by atoms with Gasteiger partial charge in [-0.25, -0.2) is 15.2 Å². The summed E-state index contributed by atoms with van der Waals surface area (Å²) < 4.78 is 0. The first-order valence-corrected chi connectivity index (χ1v) is 7.61. The fraction of sp³-hybridized carbons (Fsp3) is 0.688. The number of carbonyl (C=O) groups excluding carboxylic acids is 3. The minimum absolute atomic E-state index is 0.0951. The molecule has 0 saturated carbocycles. The first-order chi connectivity index (χ1) is 10.1. The van der Waals surface area contributed by atoms with Gasteiger partial charge in [0.1, 0.15) is 5.78 Å².